The lowest BCUT2D eigenvalue weighted by Crippen LogP contribution is -2.39. The Morgan fingerprint density at radius 3 is 3.00 bits per heavy atom. The van der Waals surface area contributed by atoms with Crippen LogP contribution in [0.2, 0.25) is 0 Å². The molecule has 128 valence electrons. The first kappa shape index (κ1) is 15.8. The van der Waals surface area contributed by atoms with Crippen molar-refractivity contribution in [1.82, 2.24) is 14.9 Å². The largest absolute Gasteiger partial charge is 0.351 e. The van der Waals surface area contributed by atoms with E-state index in [1.807, 2.05) is 0 Å². The van der Waals surface area contributed by atoms with Crippen molar-refractivity contribution in [2.75, 3.05) is 11.5 Å². The van der Waals surface area contributed by atoms with Crippen LogP contribution >= 0.6 is 11.3 Å². The summed E-state index contributed by atoms with van der Waals surface area (Å²) in [5.74, 6) is -0.276. The molecule has 4 rings (SSSR count). The van der Waals surface area contributed by atoms with Gasteiger partial charge < -0.3 is 5.32 Å². The van der Waals surface area contributed by atoms with E-state index >= 15 is 0 Å². The molecule has 0 radical (unpaired) electrons. The highest BCUT2D eigenvalue weighted by Gasteiger charge is 2.29. The van der Waals surface area contributed by atoms with E-state index in [9.17, 15) is 18.0 Å². The Bertz CT molecular complexity index is 990. The molecule has 1 aliphatic carbocycles. The third-order valence-corrected chi connectivity index (χ3v) is 7.57. The molecule has 1 amide bonds. The average molecular weight is 367 g/mol. The van der Waals surface area contributed by atoms with Crippen LogP contribution in [0.15, 0.2) is 11.1 Å². The fraction of sp³-hybridized carbons (Fsp3) is 0.533. The molecule has 3 heterocycles. The van der Waals surface area contributed by atoms with E-state index in [2.05, 4.69) is 10.3 Å². The quantitative estimate of drug-likeness (QED) is 0.839. The van der Waals surface area contributed by atoms with Crippen molar-refractivity contribution in [3.63, 3.8) is 0 Å². The molecule has 2 aromatic heterocycles. The number of aromatic nitrogens is 2. The molecule has 0 unspecified atom stereocenters. The molecular formula is C15H17N3O4S2. The van der Waals surface area contributed by atoms with Crippen molar-refractivity contribution in [3.8, 4) is 0 Å². The Morgan fingerprint density at radius 2 is 2.25 bits per heavy atom. The molecule has 2 aliphatic rings. The lowest BCUT2D eigenvalue weighted by molar-refractivity contribution is -0.122. The zero-order valence-electron chi connectivity index (χ0n) is 12.9. The van der Waals surface area contributed by atoms with Gasteiger partial charge in [0, 0.05) is 10.9 Å². The summed E-state index contributed by atoms with van der Waals surface area (Å²) < 4.78 is 24.2. The van der Waals surface area contributed by atoms with Crippen LogP contribution in [0.5, 0.6) is 0 Å². The van der Waals surface area contributed by atoms with Crippen molar-refractivity contribution < 1.29 is 13.2 Å². The molecule has 1 aliphatic heterocycles. The first-order chi connectivity index (χ1) is 11.4. The average Bonchev–Trinajstić information content (AvgIpc) is 3.16. The van der Waals surface area contributed by atoms with Gasteiger partial charge in [-0.05, 0) is 31.2 Å². The summed E-state index contributed by atoms with van der Waals surface area (Å²) in [6.07, 6.45) is 4.77. The number of thiophene rings is 1. The highest BCUT2D eigenvalue weighted by atomic mass is 32.2. The highest BCUT2D eigenvalue weighted by Crippen LogP contribution is 2.34. The number of rotatable bonds is 3. The summed E-state index contributed by atoms with van der Waals surface area (Å²) in [5.41, 5.74) is 0.901. The first-order valence-corrected chi connectivity index (χ1v) is 10.6. The third-order valence-electron chi connectivity index (χ3n) is 4.60. The minimum Gasteiger partial charge on any atom is -0.351 e. The van der Waals surface area contributed by atoms with Gasteiger partial charge >= 0.3 is 0 Å². The molecule has 0 aromatic carbocycles. The molecule has 1 N–H and O–H groups in total. The summed E-state index contributed by atoms with van der Waals surface area (Å²) in [5, 5.41) is 3.35. The van der Waals surface area contributed by atoms with Crippen LogP contribution in [0.25, 0.3) is 10.2 Å². The molecule has 2 aromatic rings. The number of carbonyl (C=O) groups excluding carboxylic acids is 1. The summed E-state index contributed by atoms with van der Waals surface area (Å²) in [6.45, 7) is -0.136. The van der Waals surface area contributed by atoms with Crippen LogP contribution in [-0.4, -0.2) is 41.4 Å². The van der Waals surface area contributed by atoms with Gasteiger partial charge in [0.1, 0.15) is 11.4 Å². The number of carbonyl (C=O) groups is 1. The van der Waals surface area contributed by atoms with Gasteiger partial charge in [-0.2, -0.15) is 0 Å². The molecule has 9 heteroatoms. The van der Waals surface area contributed by atoms with E-state index < -0.39 is 9.84 Å². The number of hydrogen-bond donors (Lipinski definition) is 1. The second-order valence-electron chi connectivity index (χ2n) is 6.38. The molecule has 0 spiro atoms. The maximum atomic E-state index is 12.7. The van der Waals surface area contributed by atoms with Crippen molar-refractivity contribution >= 4 is 37.3 Å². The fourth-order valence-electron chi connectivity index (χ4n) is 3.47. The van der Waals surface area contributed by atoms with Gasteiger partial charge in [-0.3, -0.25) is 14.2 Å². The Labute approximate surface area is 142 Å². The van der Waals surface area contributed by atoms with Crippen molar-refractivity contribution in [3.05, 3.63) is 27.1 Å². The summed E-state index contributed by atoms with van der Waals surface area (Å²) in [4.78, 5) is 31.1. The van der Waals surface area contributed by atoms with E-state index in [1.165, 1.54) is 15.8 Å². The SMILES string of the molecule is O=C(Cn1cnc2sc3c(c2c1=O)CCC3)N[C@H]1CCS(=O)(=O)C1. The van der Waals surface area contributed by atoms with Crippen LogP contribution in [0, 0.1) is 0 Å². The number of nitrogens with zero attached hydrogens (tertiary/aromatic N) is 2. The van der Waals surface area contributed by atoms with Gasteiger partial charge in [0.25, 0.3) is 5.56 Å². The summed E-state index contributed by atoms with van der Waals surface area (Å²) in [6, 6.07) is -0.361. The zero-order valence-corrected chi connectivity index (χ0v) is 14.6. The lowest BCUT2D eigenvalue weighted by atomic mass is 10.2. The Kier molecular flexibility index (Phi) is 3.72. The van der Waals surface area contributed by atoms with E-state index in [0.717, 1.165) is 29.7 Å². The third kappa shape index (κ3) is 2.75. The van der Waals surface area contributed by atoms with Gasteiger partial charge in [-0.15, -0.1) is 11.3 Å². The molecule has 0 bridgehead atoms. The minimum atomic E-state index is -3.04. The van der Waals surface area contributed by atoms with E-state index in [4.69, 9.17) is 0 Å². The maximum Gasteiger partial charge on any atom is 0.262 e. The van der Waals surface area contributed by atoms with E-state index in [0.29, 0.717) is 11.8 Å². The highest BCUT2D eigenvalue weighted by molar-refractivity contribution is 7.91. The second-order valence-corrected chi connectivity index (χ2v) is 9.69. The van der Waals surface area contributed by atoms with Crippen LogP contribution < -0.4 is 10.9 Å². The summed E-state index contributed by atoms with van der Waals surface area (Å²) >= 11 is 1.56. The lowest BCUT2D eigenvalue weighted by Gasteiger charge is -2.11. The Balaban J connectivity index is 1.55. The van der Waals surface area contributed by atoms with Crippen LogP contribution in [0.1, 0.15) is 23.3 Å². The Hall–Kier alpha value is -1.74. The molecule has 1 atom stereocenters. The normalized spacial score (nSPS) is 21.9. The standard InChI is InChI=1S/C15H17N3O4S2/c19-12(17-9-4-5-24(21,22)7-9)6-18-8-16-14-13(15(18)20)10-2-1-3-11(10)23-14/h8-9H,1-7H2,(H,17,19)/t9-/m0/s1. The van der Waals surface area contributed by atoms with E-state index in [1.54, 1.807) is 11.3 Å². The smallest absolute Gasteiger partial charge is 0.262 e. The molecule has 24 heavy (non-hydrogen) atoms. The van der Waals surface area contributed by atoms with Crippen LogP contribution in [-0.2, 0) is 34.0 Å². The van der Waals surface area contributed by atoms with E-state index in [-0.39, 0.29) is 35.6 Å². The van der Waals surface area contributed by atoms with Crippen molar-refractivity contribution in [1.29, 1.82) is 0 Å². The molecular weight excluding hydrogens is 350 g/mol. The molecule has 1 fully saturated rings. The predicted octanol–water partition coefficient (Wildman–Crippen LogP) is 0.250. The fourth-order valence-corrected chi connectivity index (χ4v) is 6.36. The molecule has 7 nitrogen and oxygen atoms in total. The number of hydrogen-bond acceptors (Lipinski definition) is 6. The van der Waals surface area contributed by atoms with Gasteiger partial charge in [-0.25, -0.2) is 13.4 Å². The summed E-state index contributed by atoms with van der Waals surface area (Å²) in [7, 11) is -3.04. The van der Waals surface area contributed by atoms with Crippen molar-refractivity contribution in [2.45, 2.75) is 38.3 Å². The molecule has 1 saturated heterocycles. The van der Waals surface area contributed by atoms with Crippen LogP contribution in [0.3, 0.4) is 0 Å². The molecule has 0 saturated carbocycles. The number of amides is 1. The monoisotopic (exact) mass is 367 g/mol. The second kappa shape index (κ2) is 5.66. The van der Waals surface area contributed by atoms with Crippen LogP contribution in [0.4, 0.5) is 0 Å². The zero-order chi connectivity index (χ0) is 16.9. The number of aryl methyl sites for hydroxylation is 2. The maximum absolute atomic E-state index is 12.7. The first-order valence-electron chi connectivity index (χ1n) is 7.92. The van der Waals surface area contributed by atoms with Crippen molar-refractivity contribution in [2.24, 2.45) is 0 Å². The van der Waals surface area contributed by atoms with Gasteiger partial charge in [-0.1, -0.05) is 0 Å². The minimum absolute atomic E-state index is 0.0248. The van der Waals surface area contributed by atoms with Gasteiger partial charge in [0.05, 0.1) is 23.2 Å². The van der Waals surface area contributed by atoms with Gasteiger partial charge in [0.2, 0.25) is 5.91 Å². The Morgan fingerprint density at radius 1 is 1.42 bits per heavy atom. The number of sulfone groups is 1. The number of fused-ring (bicyclic) bond motifs is 3. The predicted molar refractivity (Wildman–Crippen MR) is 91.1 cm³/mol. The topological polar surface area (TPSA) is 98.1 Å². The number of nitrogens with one attached hydrogen (secondary N) is 1. The van der Waals surface area contributed by atoms with Gasteiger partial charge in [0.15, 0.2) is 9.84 Å².